The average molecular weight is 426 g/mol. The second kappa shape index (κ2) is 10.2. The van der Waals surface area contributed by atoms with Gasteiger partial charge >= 0.3 is 0 Å². The molecule has 3 amide bonds. The van der Waals surface area contributed by atoms with Crippen molar-refractivity contribution in [3.05, 3.63) is 65.5 Å². The summed E-state index contributed by atoms with van der Waals surface area (Å²) in [6.07, 6.45) is 2.33. The predicted octanol–water partition coefficient (Wildman–Crippen LogP) is 3.84. The van der Waals surface area contributed by atoms with Gasteiger partial charge in [0.05, 0.1) is 5.56 Å². The van der Waals surface area contributed by atoms with Crippen LogP contribution in [0.25, 0.3) is 0 Å². The SMILES string of the molecule is CC(C)CCNC(=O)C1CCCN1C(=O)c1ccc(NC(=O)c2ccccc2F)cc1. The molecule has 1 heterocycles. The minimum atomic E-state index is -0.599. The maximum absolute atomic E-state index is 13.8. The molecule has 0 bridgehead atoms. The van der Waals surface area contributed by atoms with Gasteiger partial charge in [-0.15, -0.1) is 0 Å². The van der Waals surface area contributed by atoms with Crippen LogP contribution in [0.3, 0.4) is 0 Å². The summed E-state index contributed by atoms with van der Waals surface area (Å²) in [5.41, 5.74) is 0.839. The fourth-order valence-electron chi connectivity index (χ4n) is 3.59. The average Bonchev–Trinajstić information content (AvgIpc) is 3.24. The van der Waals surface area contributed by atoms with E-state index in [-0.39, 0.29) is 17.4 Å². The molecule has 6 nitrogen and oxygen atoms in total. The molecule has 0 radical (unpaired) electrons. The van der Waals surface area contributed by atoms with Crippen molar-refractivity contribution in [1.29, 1.82) is 0 Å². The highest BCUT2D eigenvalue weighted by molar-refractivity contribution is 6.05. The number of benzene rings is 2. The zero-order valence-electron chi connectivity index (χ0n) is 17.9. The number of nitrogens with zero attached hydrogens (tertiary/aromatic N) is 1. The highest BCUT2D eigenvalue weighted by Crippen LogP contribution is 2.22. The normalized spacial score (nSPS) is 15.7. The van der Waals surface area contributed by atoms with Gasteiger partial charge in [-0.2, -0.15) is 0 Å². The van der Waals surface area contributed by atoms with Crippen LogP contribution in [0.4, 0.5) is 10.1 Å². The van der Waals surface area contributed by atoms with E-state index in [4.69, 9.17) is 0 Å². The molecule has 2 N–H and O–H groups in total. The summed E-state index contributed by atoms with van der Waals surface area (Å²) < 4.78 is 13.8. The van der Waals surface area contributed by atoms with Gasteiger partial charge in [0.2, 0.25) is 5.91 Å². The molecule has 0 aliphatic carbocycles. The summed E-state index contributed by atoms with van der Waals surface area (Å²) in [7, 11) is 0. The van der Waals surface area contributed by atoms with Gasteiger partial charge in [0, 0.05) is 24.3 Å². The fourth-order valence-corrected chi connectivity index (χ4v) is 3.59. The van der Waals surface area contributed by atoms with E-state index >= 15 is 0 Å². The lowest BCUT2D eigenvalue weighted by Crippen LogP contribution is -2.46. The molecular weight excluding hydrogens is 397 g/mol. The number of halogens is 1. The second-order valence-corrected chi connectivity index (χ2v) is 8.14. The summed E-state index contributed by atoms with van der Waals surface area (Å²) in [5, 5.41) is 5.56. The van der Waals surface area contributed by atoms with Crippen LogP contribution in [0.5, 0.6) is 0 Å². The first kappa shape index (κ1) is 22.5. The van der Waals surface area contributed by atoms with Crippen molar-refractivity contribution in [3.8, 4) is 0 Å². The third-order valence-electron chi connectivity index (χ3n) is 5.35. The smallest absolute Gasteiger partial charge is 0.258 e. The van der Waals surface area contributed by atoms with Gasteiger partial charge in [0.15, 0.2) is 0 Å². The fraction of sp³-hybridized carbons (Fsp3) is 0.375. The first-order valence-corrected chi connectivity index (χ1v) is 10.6. The van der Waals surface area contributed by atoms with Crippen molar-refractivity contribution in [1.82, 2.24) is 10.2 Å². The topological polar surface area (TPSA) is 78.5 Å². The number of likely N-dealkylation sites (tertiary alicyclic amines) is 1. The van der Waals surface area contributed by atoms with Crippen molar-refractivity contribution >= 4 is 23.4 Å². The Morgan fingerprint density at radius 3 is 2.48 bits per heavy atom. The second-order valence-electron chi connectivity index (χ2n) is 8.14. The molecule has 1 aliphatic heterocycles. The minimum Gasteiger partial charge on any atom is -0.354 e. The molecule has 1 aliphatic rings. The van der Waals surface area contributed by atoms with E-state index < -0.39 is 17.8 Å². The predicted molar refractivity (Wildman–Crippen MR) is 117 cm³/mol. The Kier molecular flexibility index (Phi) is 7.39. The van der Waals surface area contributed by atoms with Crippen LogP contribution in [-0.2, 0) is 4.79 Å². The van der Waals surface area contributed by atoms with Crippen molar-refractivity contribution in [2.75, 3.05) is 18.4 Å². The molecule has 0 spiro atoms. The van der Waals surface area contributed by atoms with E-state index in [0.29, 0.717) is 36.7 Å². The molecule has 31 heavy (non-hydrogen) atoms. The number of carbonyl (C=O) groups excluding carboxylic acids is 3. The van der Waals surface area contributed by atoms with Crippen LogP contribution < -0.4 is 10.6 Å². The van der Waals surface area contributed by atoms with E-state index in [1.165, 1.54) is 18.2 Å². The van der Waals surface area contributed by atoms with Crippen LogP contribution >= 0.6 is 0 Å². The zero-order valence-corrected chi connectivity index (χ0v) is 17.9. The number of carbonyl (C=O) groups is 3. The van der Waals surface area contributed by atoms with E-state index in [9.17, 15) is 18.8 Å². The Labute approximate surface area is 181 Å². The summed E-state index contributed by atoms with van der Waals surface area (Å²) in [6, 6.07) is 11.7. The Balaban J connectivity index is 1.62. The first-order valence-electron chi connectivity index (χ1n) is 10.6. The molecule has 1 atom stereocenters. The Morgan fingerprint density at radius 1 is 1.10 bits per heavy atom. The van der Waals surface area contributed by atoms with Gasteiger partial charge in [-0.25, -0.2) is 4.39 Å². The maximum atomic E-state index is 13.8. The molecule has 1 unspecified atom stereocenters. The zero-order chi connectivity index (χ0) is 22.4. The number of rotatable bonds is 7. The summed E-state index contributed by atoms with van der Waals surface area (Å²) in [4.78, 5) is 39.3. The van der Waals surface area contributed by atoms with Crippen LogP contribution in [-0.4, -0.2) is 41.8 Å². The summed E-state index contributed by atoms with van der Waals surface area (Å²) in [6.45, 7) is 5.33. The number of hydrogen-bond acceptors (Lipinski definition) is 3. The van der Waals surface area contributed by atoms with Gasteiger partial charge in [0.25, 0.3) is 11.8 Å². The van der Waals surface area contributed by atoms with Gasteiger partial charge in [-0.05, 0) is 61.6 Å². The highest BCUT2D eigenvalue weighted by Gasteiger charge is 2.34. The third kappa shape index (κ3) is 5.69. The van der Waals surface area contributed by atoms with Gasteiger partial charge in [-0.3, -0.25) is 14.4 Å². The Hall–Kier alpha value is -3.22. The lowest BCUT2D eigenvalue weighted by atomic mass is 10.1. The molecular formula is C24H28FN3O3. The molecule has 0 saturated carbocycles. The number of anilines is 1. The van der Waals surface area contributed by atoms with Gasteiger partial charge < -0.3 is 15.5 Å². The quantitative estimate of drug-likeness (QED) is 0.707. The van der Waals surface area contributed by atoms with E-state index in [1.807, 2.05) is 0 Å². The standard InChI is InChI=1S/C24H28FN3O3/c1-16(2)13-14-26-23(30)21-8-5-15-28(21)24(31)17-9-11-18(12-10-17)27-22(29)19-6-3-4-7-20(19)25/h3-4,6-7,9-12,16,21H,5,8,13-15H2,1-2H3,(H,26,30)(H,27,29). The highest BCUT2D eigenvalue weighted by atomic mass is 19.1. The first-order chi connectivity index (χ1) is 14.9. The van der Waals surface area contributed by atoms with Gasteiger partial charge in [-0.1, -0.05) is 26.0 Å². The van der Waals surface area contributed by atoms with Crippen LogP contribution in [0.1, 0.15) is 53.8 Å². The Bertz CT molecular complexity index is 943. The maximum Gasteiger partial charge on any atom is 0.258 e. The van der Waals surface area contributed by atoms with E-state index in [2.05, 4.69) is 24.5 Å². The number of nitrogens with one attached hydrogen (secondary N) is 2. The van der Waals surface area contributed by atoms with E-state index in [0.717, 1.165) is 12.8 Å². The largest absolute Gasteiger partial charge is 0.354 e. The van der Waals surface area contributed by atoms with Crippen molar-refractivity contribution in [2.45, 2.75) is 39.2 Å². The molecule has 3 rings (SSSR count). The summed E-state index contributed by atoms with van der Waals surface area (Å²) in [5.74, 6) is -0.985. The third-order valence-corrected chi connectivity index (χ3v) is 5.35. The molecule has 164 valence electrons. The molecule has 2 aromatic carbocycles. The van der Waals surface area contributed by atoms with Gasteiger partial charge in [0.1, 0.15) is 11.9 Å². The van der Waals surface area contributed by atoms with Crippen molar-refractivity contribution < 1.29 is 18.8 Å². The molecule has 2 aromatic rings. The molecule has 7 heteroatoms. The van der Waals surface area contributed by atoms with E-state index in [1.54, 1.807) is 35.2 Å². The minimum absolute atomic E-state index is 0.0500. The lowest BCUT2D eigenvalue weighted by molar-refractivity contribution is -0.124. The van der Waals surface area contributed by atoms with Crippen LogP contribution in [0, 0.1) is 11.7 Å². The van der Waals surface area contributed by atoms with Crippen LogP contribution in [0.15, 0.2) is 48.5 Å². The van der Waals surface area contributed by atoms with Crippen molar-refractivity contribution in [2.24, 2.45) is 5.92 Å². The molecule has 1 saturated heterocycles. The lowest BCUT2D eigenvalue weighted by Gasteiger charge is -2.24. The molecule has 0 aromatic heterocycles. The Morgan fingerprint density at radius 2 is 1.81 bits per heavy atom. The summed E-state index contributed by atoms with van der Waals surface area (Å²) >= 11 is 0. The number of amides is 3. The monoisotopic (exact) mass is 425 g/mol. The molecule has 1 fully saturated rings. The number of hydrogen-bond donors (Lipinski definition) is 2. The van der Waals surface area contributed by atoms with Crippen LogP contribution in [0.2, 0.25) is 0 Å². The van der Waals surface area contributed by atoms with Crippen molar-refractivity contribution in [3.63, 3.8) is 0 Å².